The molecule has 5 nitrogen and oxygen atoms in total. The van der Waals surface area contributed by atoms with Crippen molar-refractivity contribution in [2.75, 3.05) is 24.6 Å². The van der Waals surface area contributed by atoms with Gasteiger partial charge in [0.05, 0.1) is 0 Å². The Morgan fingerprint density at radius 1 is 1.31 bits per heavy atom. The third-order valence-electron chi connectivity index (χ3n) is 2.24. The van der Waals surface area contributed by atoms with Crippen molar-refractivity contribution in [3.8, 4) is 0 Å². The maximum Gasteiger partial charge on any atom is 0.410 e. The largest absolute Gasteiger partial charge is 0.444 e. The molecule has 1 rings (SSSR count). The first kappa shape index (κ1) is 13.3. The van der Waals surface area contributed by atoms with Gasteiger partial charge in [-0.2, -0.15) is 0 Å². The van der Waals surface area contributed by atoms with Gasteiger partial charge in [-0.25, -0.2) is 9.00 Å². The predicted octanol–water partition coefficient (Wildman–Crippen LogP) is 1.67. The van der Waals surface area contributed by atoms with Crippen LogP contribution in [0, 0.1) is 4.78 Å². The molecule has 0 radical (unpaired) electrons. The molecule has 1 fully saturated rings. The fraction of sp³-hybridized carbons (Fsp3) is 0.900. The Hall–Kier alpha value is -0.780. The van der Waals surface area contributed by atoms with E-state index in [2.05, 4.69) is 0 Å². The molecule has 1 saturated heterocycles. The fourth-order valence-electron chi connectivity index (χ4n) is 1.47. The second-order valence-electron chi connectivity index (χ2n) is 5.04. The van der Waals surface area contributed by atoms with Crippen LogP contribution >= 0.6 is 0 Å². The van der Waals surface area contributed by atoms with E-state index < -0.39 is 15.3 Å². The molecule has 0 aromatic rings. The van der Waals surface area contributed by atoms with Crippen LogP contribution in [0.4, 0.5) is 4.79 Å². The molecule has 6 heteroatoms. The van der Waals surface area contributed by atoms with Crippen LogP contribution in [0.15, 0.2) is 0 Å². The zero-order valence-corrected chi connectivity index (χ0v) is 10.9. The van der Waals surface area contributed by atoms with Gasteiger partial charge in [0, 0.05) is 34.3 Å². The molecule has 1 aliphatic rings. The molecule has 1 atom stereocenters. The molecular weight excluding hydrogens is 228 g/mol. The van der Waals surface area contributed by atoms with Gasteiger partial charge in [-0.1, -0.05) is 0 Å². The van der Waals surface area contributed by atoms with Crippen molar-refractivity contribution >= 4 is 15.8 Å². The van der Waals surface area contributed by atoms with Gasteiger partial charge in [-0.3, -0.25) is 4.78 Å². The lowest BCUT2D eigenvalue weighted by Gasteiger charge is -2.26. The highest BCUT2D eigenvalue weighted by Crippen LogP contribution is 2.12. The van der Waals surface area contributed by atoms with Gasteiger partial charge in [0.1, 0.15) is 5.60 Å². The van der Waals surface area contributed by atoms with Crippen molar-refractivity contribution in [2.45, 2.75) is 32.8 Å². The predicted molar refractivity (Wildman–Crippen MR) is 63.0 cm³/mol. The van der Waals surface area contributed by atoms with Gasteiger partial charge in [-0.05, 0) is 27.2 Å². The summed E-state index contributed by atoms with van der Waals surface area (Å²) >= 11 is 0. The first-order valence-electron chi connectivity index (χ1n) is 5.42. The Kier molecular flexibility index (Phi) is 3.83. The zero-order chi connectivity index (χ0) is 12.4. The Labute approximate surface area is 97.1 Å². The maximum atomic E-state index is 11.7. The number of hydrogen-bond acceptors (Lipinski definition) is 4. The average molecular weight is 248 g/mol. The molecule has 0 spiro atoms. The first-order valence-corrected chi connectivity index (χ1v) is 7.31. The van der Waals surface area contributed by atoms with E-state index in [1.54, 1.807) is 4.90 Å². The summed E-state index contributed by atoms with van der Waals surface area (Å²) in [4.78, 5) is 13.3. The maximum absolute atomic E-state index is 11.7. The van der Waals surface area contributed by atoms with Gasteiger partial charge in [0.15, 0.2) is 0 Å². The van der Waals surface area contributed by atoms with Crippen molar-refractivity contribution in [1.82, 2.24) is 4.90 Å². The molecule has 1 unspecified atom stereocenters. The quantitative estimate of drug-likeness (QED) is 0.709. The molecule has 1 amide bonds. The molecule has 94 valence electrons. The molecule has 0 aromatic heterocycles. The Bertz CT molecular complexity index is 357. The number of hydrogen-bond donors (Lipinski definition) is 1. The topological polar surface area (TPSA) is 70.5 Å². The summed E-state index contributed by atoms with van der Waals surface area (Å²) in [7, 11) is -2.48. The summed E-state index contributed by atoms with van der Waals surface area (Å²) < 4.78 is 24.3. The number of amides is 1. The van der Waals surface area contributed by atoms with Gasteiger partial charge in [0.25, 0.3) is 0 Å². The van der Waals surface area contributed by atoms with Gasteiger partial charge >= 0.3 is 6.09 Å². The van der Waals surface area contributed by atoms with Gasteiger partial charge < -0.3 is 9.64 Å². The Balaban J connectivity index is 2.58. The fourth-order valence-corrected chi connectivity index (χ4v) is 2.78. The highest BCUT2D eigenvalue weighted by atomic mass is 32.2. The standard InChI is InChI=1S/C10H20N2O3S/c1-10(2,3)15-9(13)12-5-4-7-16(11,14)8-6-12/h11H,4-8H2,1-3H3. The summed E-state index contributed by atoms with van der Waals surface area (Å²) in [5.74, 6) is 0.637. The van der Waals surface area contributed by atoms with Crippen molar-refractivity contribution in [1.29, 1.82) is 4.78 Å². The Morgan fingerprint density at radius 3 is 2.50 bits per heavy atom. The van der Waals surface area contributed by atoms with E-state index in [4.69, 9.17) is 9.52 Å². The smallest absolute Gasteiger partial charge is 0.410 e. The molecule has 0 aliphatic carbocycles. The summed E-state index contributed by atoms with van der Waals surface area (Å²) in [6.45, 7) is 6.34. The van der Waals surface area contributed by atoms with Crippen LogP contribution < -0.4 is 0 Å². The minimum absolute atomic E-state index is 0.256. The van der Waals surface area contributed by atoms with E-state index >= 15 is 0 Å². The van der Waals surface area contributed by atoms with Crippen LogP contribution in [-0.2, 0) is 14.5 Å². The third kappa shape index (κ3) is 4.38. The van der Waals surface area contributed by atoms with Crippen molar-refractivity contribution in [3.05, 3.63) is 0 Å². The van der Waals surface area contributed by atoms with E-state index in [0.29, 0.717) is 25.3 Å². The van der Waals surface area contributed by atoms with Crippen LogP contribution in [0.2, 0.25) is 0 Å². The summed E-state index contributed by atoms with van der Waals surface area (Å²) in [6.07, 6.45) is 0.242. The summed E-state index contributed by atoms with van der Waals surface area (Å²) in [6, 6.07) is 0. The average Bonchev–Trinajstić information content (AvgIpc) is 2.23. The monoisotopic (exact) mass is 248 g/mol. The molecule has 16 heavy (non-hydrogen) atoms. The molecule has 1 N–H and O–H groups in total. The summed E-state index contributed by atoms with van der Waals surface area (Å²) in [5.41, 5.74) is -0.508. The van der Waals surface area contributed by atoms with E-state index in [1.165, 1.54) is 0 Å². The minimum atomic E-state index is -2.48. The zero-order valence-electron chi connectivity index (χ0n) is 10.1. The number of nitrogens with zero attached hydrogens (tertiary/aromatic N) is 1. The van der Waals surface area contributed by atoms with E-state index in [-0.39, 0.29) is 11.8 Å². The van der Waals surface area contributed by atoms with Crippen LogP contribution in [0.5, 0.6) is 0 Å². The van der Waals surface area contributed by atoms with Crippen LogP contribution in [-0.4, -0.2) is 45.4 Å². The molecular formula is C10H20N2O3S. The highest BCUT2D eigenvalue weighted by molar-refractivity contribution is 7.92. The highest BCUT2D eigenvalue weighted by Gasteiger charge is 2.25. The summed E-state index contributed by atoms with van der Waals surface area (Å²) in [5, 5.41) is 0. The van der Waals surface area contributed by atoms with E-state index in [9.17, 15) is 9.00 Å². The van der Waals surface area contributed by atoms with Crippen molar-refractivity contribution in [3.63, 3.8) is 0 Å². The molecule has 0 aromatic carbocycles. The Morgan fingerprint density at radius 2 is 1.94 bits per heavy atom. The van der Waals surface area contributed by atoms with E-state index in [1.807, 2.05) is 20.8 Å². The molecule has 1 aliphatic heterocycles. The lowest BCUT2D eigenvalue weighted by atomic mass is 10.2. The van der Waals surface area contributed by atoms with Crippen molar-refractivity contribution in [2.24, 2.45) is 0 Å². The first-order chi connectivity index (χ1) is 7.20. The van der Waals surface area contributed by atoms with Crippen LogP contribution in [0.1, 0.15) is 27.2 Å². The minimum Gasteiger partial charge on any atom is -0.444 e. The van der Waals surface area contributed by atoms with Gasteiger partial charge in [-0.15, -0.1) is 0 Å². The second-order valence-corrected chi connectivity index (χ2v) is 7.48. The number of nitrogens with one attached hydrogen (secondary N) is 1. The number of ether oxygens (including phenoxy) is 1. The number of rotatable bonds is 0. The molecule has 1 heterocycles. The number of carbonyl (C=O) groups excluding carboxylic acids is 1. The van der Waals surface area contributed by atoms with E-state index in [0.717, 1.165) is 0 Å². The normalized spacial score (nSPS) is 27.3. The van der Waals surface area contributed by atoms with Crippen LogP contribution in [0.25, 0.3) is 0 Å². The SMILES string of the molecule is CC(C)(C)OC(=O)N1CCCS(=N)(=O)CC1. The molecule has 0 bridgehead atoms. The van der Waals surface area contributed by atoms with Crippen LogP contribution in [0.3, 0.4) is 0 Å². The molecule has 0 saturated carbocycles. The lowest BCUT2D eigenvalue weighted by molar-refractivity contribution is 0.0265. The lowest BCUT2D eigenvalue weighted by Crippen LogP contribution is -2.38. The second kappa shape index (κ2) is 4.61. The number of carbonyl (C=O) groups is 1. The third-order valence-corrected chi connectivity index (χ3v) is 4.03. The van der Waals surface area contributed by atoms with Gasteiger partial charge in [0.2, 0.25) is 0 Å². The van der Waals surface area contributed by atoms with Crippen molar-refractivity contribution < 1.29 is 13.7 Å².